The number of ketones is 1. The minimum atomic E-state index is -0.682. The molecule has 0 saturated heterocycles. The van der Waals surface area contributed by atoms with Crippen molar-refractivity contribution in [3.8, 4) is 11.1 Å². The van der Waals surface area contributed by atoms with Crippen molar-refractivity contribution < 1.29 is 4.79 Å². The molecule has 8 rings (SSSR count). The number of rotatable bonds is 8. The van der Waals surface area contributed by atoms with Gasteiger partial charge in [-0.15, -0.1) is 0 Å². The van der Waals surface area contributed by atoms with Gasteiger partial charge in [-0.3, -0.25) is 9.79 Å². The molecule has 3 heteroatoms. The van der Waals surface area contributed by atoms with Crippen molar-refractivity contribution in [2.24, 2.45) is 4.99 Å². The van der Waals surface area contributed by atoms with Crippen molar-refractivity contribution in [2.75, 3.05) is 0 Å². The number of benzene rings is 7. The lowest BCUT2D eigenvalue weighted by Crippen LogP contribution is -2.38. The maximum absolute atomic E-state index is 13.8. The van der Waals surface area contributed by atoms with Gasteiger partial charge in [-0.1, -0.05) is 182 Å². The topological polar surface area (TPSA) is 53.3 Å². The Morgan fingerprint density at radius 1 is 0.510 bits per heavy atom. The van der Waals surface area contributed by atoms with Crippen LogP contribution in [0.4, 0.5) is 0 Å². The minimum Gasteiger partial charge on any atom is -0.300 e. The van der Waals surface area contributed by atoms with Gasteiger partial charge in [-0.05, 0) is 56.6 Å². The number of nitrogens with one attached hydrogen (secondary N) is 1. The van der Waals surface area contributed by atoms with Crippen molar-refractivity contribution in [1.82, 2.24) is 0 Å². The molecule has 0 aliphatic heterocycles. The van der Waals surface area contributed by atoms with Crippen molar-refractivity contribution >= 4 is 23.4 Å². The fourth-order valence-electron chi connectivity index (χ4n) is 7.26. The van der Waals surface area contributed by atoms with Crippen LogP contribution in [0.2, 0.25) is 0 Å². The van der Waals surface area contributed by atoms with Crippen LogP contribution in [0.1, 0.15) is 54.9 Å². The van der Waals surface area contributed by atoms with Crippen molar-refractivity contribution in [2.45, 2.75) is 5.41 Å². The molecule has 0 radical (unpaired) electrons. The fraction of sp³-hybridized carbons (Fsp3) is 0.0208. The first kappa shape index (κ1) is 31.6. The molecule has 0 spiro atoms. The van der Waals surface area contributed by atoms with Crippen LogP contribution in [0.25, 0.3) is 16.8 Å². The zero-order valence-electron chi connectivity index (χ0n) is 27.9. The van der Waals surface area contributed by atoms with E-state index in [-0.39, 0.29) is 5.78 Å². The van der Waals surface area contributed by atoms with E-state index in [1.807, 2.05) is 115 Å². The number of hydrogen-bond acceptors (Lipinski definition) is 3. The maximum Gasteiger partial charge on any atom is 0.193 e. The smallest absolute Gasteiger partial charge is 0.193 e. The summed E-state index contributed by atoms with van der Waals surface area (Å²) in [6.07, 6.45) is 3.67. The van der Waals surface area contributed by atoms with Gasteiger partial charge in [0, 0.05) is 22.9 Å². The van der Waals surface area contributed by atoms with Gasteiger partial charge in [0.1, 0.15) is 0 Å². The second-order valence-corrected chi connectivity index (χ2v) is 12.7. The average molecular weight is 655 g/mol. The predicted octanol–water partition coefficient (Wildman–Crippen LogP) is 10.8. The van der Waals surface area contributed by atoms with E-state index in [2.05, 4.69) is 84.9 Å². The Balaban J connectivity index is 1.18. The lowest BCUT2D eigenvalue weighted by molar-refractivity contribution is 0.103. The Morgan fingerprint density at radius 2 is 1.04 bits per heavy atom. The lowest BCUT2D eigenvalue weighted by Gasteiger charge is -2.41. The van der Waals surface area contributed by atoms with Crippen LogP contribution in [0, 0.1) is 5.41 Å². The summed E-state index contributed by atoms with van der Waals surface area (Å²) in [5.41, 5.74) is 11.0. The highest BCUT2D eigenvalue weighted by molar-refractivity contribution is 6.14. The molecule has 0 unspecified atom stereocenters. The summed E-state index contributed by atoms with van der Waals surface area (Å²) in [7, 11) is 0. The summed E-state index contributed by atoms with van der Waals surface area (Å²) in [4.78, 5) is 18.7. The zero-order valence-corrected chi connectivity index (χ0v) is 27.9. The molecular weight excluding hydrogens is 621 g/mol. The highest BCUT2D eigenvalue weighted by Crippen LogP contribution is 2.51. The molecule has 1 aliphatic carbocycles. The minimum absolute atomic E-state index is 0.0586. The molecular formula is C48H34N2O. The van der Waals surface area contributed by atoms with Gasteiger partial charge < -0.3 is 5.41 Å². The zero-order chi connectivity index (χ0) is 34.6. The standard InChI is InChI=1S/C48H34N2O/c49-45(36-15-4-1-5-16-36)32-46(37-17-6-2-7-18-37)50-33-34-27-29-35(30-28-34)38-19-14-22-40(31-38)48(39-20-8-3-9-21-39)43-25-12-10-23-41(43)47(51)42-24-11-13-26-44(42)48/h1-33,49H/b46-32-,49-45?,50-33?. The van der Waals surface area contributed by atoms with Gasteiger partial charge in [0.2, 0.25) is 0 Å². The number of carbonyl (C=O) groups excluding carboxylic acids is 1. The second-order valence-electron chi connectivity index (χ2n) is 12.7. The summed E-state index contributed by atoms with van der Waals surface area (Å²) in [6.45, 7) is 0. The third-order valence-corrected chi connectivity index (χ3v) is 9.69. The van der Waals surface area contributed by atoms with Gasteiger partial charge in [0.15, 0.2) is 5.78 Å². The molecule has 0 heterocycles. The van der Waals surface area contributed by atoms with E-state index in [4.69, 9.17) is 10.4 Å². The Kier molecular flexibility index (Phi) is 8.45. The third kappa shape index (κ3) is 5.85. The predicted molar refractivity (Wildman–Crippen MR) is 209 cm³/mol. The second kappa shape index (κ2) is 13.7. The SMILES string of the molecule is N=C(/C=C(\N=Cc1ccc(-c2cccc(C3(c4ccccc4)c4ccccc4C(=O)c4ccccc43)c2)cc1)c1ccccc1)c1ccccc1. The van der Waals surface area contributed by atoms with Crippen molar-refractivity contribution in [3.05, 3.63) is 244 Å². The van der Waals surface area contributed by atoms with E-state index in [0.29, 0.717) is 5.71 Å². The number of nitrogens with zero attached hydrogens (tertiary/aromatic N) is 1. The molecule has 1 N–H and O–H groups in total. The highest BCUT2D eigenvalue weighted by atomic mass is 16.1. The summed E-state index contributed by atoms with van der Waals surface area (Å²) in [5, 5.41) is 8.70. The van der Waals surface area contributed by atoms with Crippen LogP contribution >= 0.6 is 0 Å². The van der Waals surface area contributed by atoms with E-state index in [9.17, 15) is 4.79 Å². The molecule has 0 saturated carbocycles. The average Bonchev–Trinajstić information content (AvgIpc) is 3.21. The Labute approximate surface area is 298 Å². The number of hydrogen-bond donors (Lipinski definition) is 1. The number of aliphatic imine (C=N–C) groups is 1. The first-order valence-electron chi connectivity index (χ1n) is 17.1. The Bertz CT molecular complexity index is 2380. The molecule has 51 heavy (non-hydrogen) atoms. The molecule has 0 amide bonds. The largest absolute Gasteiger partial charge is 0.300 e. The van der Waals surface area contributed by atoms with Crippen LogP contribution in [-0.4, -0.2) is 17.7 Å². The number of carbonyl (C=O) groups is 1. The summed E-state index contributed by atoms with van der Waals surface area (Å²) >= 11 is 0. The maximum atomic E-state index is 13.8. The van der Waals surface area contributed by atoms with E-state index in [1.165, 1.54) is 0 Å². The van der Waals surface area contributed by atoms with Gasteiger partial charge >= 0.3 is 0 Å². The quantitative estimate of drug-likeness (QED) is 0.163. The van der Waals surface area contributed by atoms with Crippen LogP contribution in [0.3, 0.4) is 0 Å². The molecule has 0 aromatic heterocycles. The number of allylic oxidation sites excluding steroid dienone is 1. The summed E-state index contributed by atoms with van der Waals surface area (Å²) in [5.74, 6) is 0.0586. The molecule has 3 nitrogen and oxygen atoms in total. The van der Waals surface area contributed by atoms with Gasteiger partial charge in [-0.25, -0.2) is 0 Å². The Hall–Kier alpha value is -6.71. The van der Waals surface area contributed by atoms with Crippen LogP contribution in [-0.2, 0) is 5.41 Å². The van der Waals surface area contributed by atoms with E-state index in [1.54, 1.807) is 0 Å². The Morgan fingerprint density at radius 3 is 1.67 bits per heavy atom. The normalized spacial score (nSPS) is 13.4. The van der Waals surface area contributed by atoms with Gasteiger partial charge in [0.25, 0.3) is 0 Å². The van der Waals surface area contributed by atoms with Gasteiger partial charge in [-0.2, -0.15) is 0 Å². The first-order valence-corrected chi connectivity index (χ1v) is 17.1. The summed E-state index contributed by atoms with van der Waals surface area (Å²) < 4.78 is 0. The summed E-state index contributed by atoms with van der Waals surface area (Å²) in [6, 6.07) is 63.4. The van der Waals surface area contributed by atoms with Crippen LogP contribution < -0.4 is 0 Å². The molecule has 0 fully saturated rings. The van der Waals surface area contributed by atoms with Crippen LogP contribution in [0.5, 0.6) is 0 Å². The fourth-order valence-corrected chi connectivity index (χ4v) is 7.26. The van der Waals surface area contributed by atoms with Crippen molar-refractivity contribution in [3.63, 3.8) is 0 Å². The van der Waals surface area contributed by atoms with E-state index < -0.39 is 5.41 Å². The van der Waals surface area contributed by atoms with E-state index >= 15 is 0 Å². The number of fused-ring (bicyclic) bond motifs is 2. The van der Waals surface area contributed by atoms with E-state index in [0.717, 1.165) is 66.9 Å². The monoisotopic (exact) mass is 654 g/mol. The molecule has 0 bridgehead atoms. The lowest BCUT2D eigenvalue weighted by atomic mass is 9.59. The first-order chi connectivity index (χ1) is 25.1. The molecule has 7 aromatic carbocycles. The van der Waals surface area contributed by atoms with Crippen LogP contribution in [0.15, 0.2) is 199 Å². The third-order valence-electron chi connectivity index (χ3n) is 9.69. The molecule has 1 aliphatic rings. The van der Waals surface area contributed by atoms with Gasteiger partial charge in [0.05, 0.1) is 16.8 Å². The molecule has 7 aromatic rings. The molecule has 0 atom stereocenters. The highest BCUT2D eigenvalue weighted by Gasteiger charge is 2.46. The molecule has 242 valence electrons. The van der Waals surface area contributed by atoms with Crippen molar-refractivity contribution in [1.29, 1.82) is 5.41 Å².